The quantitative estimate of drug-likeness (QED) is 0.123. The molecule has 0 fully saturated rings. The standard InChI is InChI=1S/C30H26O7/c1-33-22-9-6-19(7-10-22)5-8-20-15-24(35-3)18-29(36-4)25(20)12-13-27(31)26-17-21-16-23(34-2)11-14-28(21)37-30(26)32/h5-18H,1-4H3/b8-5+,13-12+. The summed E-state index contributed by atoms with van der Waals surface area (Å²) >= 11 is 0. The average Bonchev–Trinajstić information content (AvgIpc) is 2.94. The van der Waals surface area contributed by atoms with E-state index in [1.165, 1.54) is 26.4 Å². The number of allylic oxidation sites excluding steroid dienone is 1. The van der Waals surface area contributed by atoms with E-state index in [1.807, 2.05) is 42.5 Å². The molecule has 0 amide bonds. The van der Waals surface area contributed by atoms with Crippen LogP contribution >= 0.6 is 0 Å². The SMILES string of the molecule is COc1ccc(/C=C/c2cc(OC)cc(OC)c2/C=C/C(=O)c2cc3cc(OC)ccc3oc2=O)cc1. The molecule has 0 radical (unpaired) electrons. The van der Waals surface area contributed by atoms with Gasteiger partial charge in [0.1, 0.15) is 34.1 Å². The smallest absolute Gasteiger partial charge is 0.347 e. The lowest BCUT2D eigenvalue weighted by Gasteiger charge is -2.11. The van der Waals surface area contributed by atoms with Crippen molar-refractivity contribution >= 4 is 35.0 Å². The van der Waals surface area contributed by atoms with E-state index < -0.39 is 11.4 Å². The van der Waals surface area contributed by atoms with Gasteiger partial charge < -0.3 is 23.4 Å². The fraction of sp³-hybridized carbons (Fsp3) is 0.133. The van der Waals surface area contributed by atoms with Crippen molar-refractivity contribution < 1.29 is 28.2 Å². The van der Waals surface area contributed by atoms with Crippen LogP contribution in [-0.2, 0) is 0 Å². The van der Waals surface area contributed by atoms with E-state index in [4.69, 9.17) is 23.4 Å². The molecule has 0 atom stereocenters. The van der Waals surface area contributed by atoms with Crippen LogP contribution in [0.3, 0.4) is 0 Å². The van der Waals surface area contributed by atoms with Crippen LogP contribution in [0.5, 0.6) is 23.0 Å². The average molecular weight is 499 g/mol. The third-order valence-electron chi connectivity index (χ3n) is 5.78. The molecule has 0 bridgehead atoms. The number of ketones is 1. The first-order valence-electron chi connectivity index (χ1n) is 11.4. The summed E-state index contributed by atoms with van der Waals surface area (Å²) in [5, 5.41) is 0.584. The molecule has 0 aliphatic carbocycles. The molecule has 37 heavy (non-hydrogen) atoms. The molecule has 3 aromatic carbocycles. The molecule has 0 saturated carbocycles. The predicted molar refractivity (Wildman–Crippen MR) is 144 cm³/mol. The lowest BCUT2D eigenvalue weighted by Crippen LogP contribution is -2.12. The molecule has 188 valence electrons. The minimum absolute atomic E-state index is 0.0835. The van der Waals surface area contributed by atoms with Gasteiger partial charge in [-0.2, -0.15) is 0 Å². The van der Waals surface area contributed by atoms with Crippen molar-refractivity contribution in [3.63, 3.8) is 0 Å². The predicted octanol–water partition coefficient (Wildman–Crippen LogP) is 5.89. The van der Waals surface area contributed by atoms with Gasteiger partial charge in [0.05, 0.1) is 28.4 Å². The molecule has 7 nitrogen and oxygen atoms in total. The van der Waals surface area contributed by atoms with Gasteiger partial charge in [-0.05, 0) is 65.7 Å². The van der Waals surface area contributed by atoms with Crippen molar-refractivity contribution in [3.05, 3.63) is 99.4 Å². The molecule has 1 heterocycles. The van der Waals surface area contributed by atoms with Gasteiger partial charge in [-0.1, -0.05) is 24.3 Å². The van der Waals surface area contributed by atoms with Crippen LogP contribution in [0.15, 0.2) is 76.0 Å². The molecular weight excluding hydrogens is 472 g/mol. The van der Waals surface area contributed by atoms with Crippen molar-refractivity contribution in [2.24, 2.45) is 0 Å². The van der Waals surface area contributed by atoms with Gasteiger partial charge in [0.2, 0.25) is 0 Å². The second-order valence-corrected chi connectivity index (χ2v) is 7.99. The van der Waals surface area contributed by atoms with Crippen molar-refractivity contribution in [1.82, 2.24) is 0 Å². The molecule has 0 N–H and O–H groups in total. The Morgan fingerprint density at radius 3 is 2.11 bits per heavy atom. The highest BCUT2D eigenvalue weighted by Crippen LogP contribution is 2.32. The molecule has 0 aliphatic rings. The maximum Gasteiger partial charge on any atom is 0.347 e. The normalized spacial score (nSPS) is 11.2. The monoisotopic (exact) mass is 498 g/mol. The van der Waals surface area contributed by atoms with Crippen LogP contribution < -0.4 is 24.6 Å². The van der Waals surface area contributed by atoms with Crippen LogP contribution in [0.2, 0.25) is 0 Å². The number of benzene rings is 3. The van der Waals surface area contributed by atoms with Crippen LogP contribution in [0, 0.1) is 0 Å². The summed E-state index contributed by atoms with van der Waals surface area (Å²) in [5.41, 5.74) is 1.93. The first kappa shape index (κ1) is 25.3. The Morgan fingerprint density at radius 1 is 0.730 bits per heavy atom. The molecule has 0 spiro atoms. The molecule has 0 saturated heterocycles. The highest BCUT2D eigenvalue weighted by Gasteiger charge is 2.14. The second kappa shape index (κ2) is 11.3. The third kappa shape index (κ3) is 5.73. The molecule has 7 heteroatoms. The lowest BCUT2D eigenvalue weighted by atomic mass is 10.0. The number of hydrogen-bond acceptors (Lipinski definition) is 7. The van der Waals surface area contributed by atoms with E-state index in [9.17, 15) is 9.59 Å². The summed E-state index contributed by atoms with van der Waals surface area (Å²) in [6.45, 7) is 0. The van der Waals surface area contributed by atoms with Crippen LogP contribution in [0.25, 0.3) is 29.2 Å². The Labute approximate surface area is 214 Å². The van der Waals surface area contributed by atoms with Crippen LogP contribution in [0.1, 0.15) is 27.0 Å². The molecular formula is C30H26O7. The fourth-order valence-corrected chi connectivity index (χ4v) is 3.77. The Hall–Kier alpha value is -4.78. The van der Waals surface area contributed by atoms with Gasteiger partial charge in [-0.25, -0.2) is 4.79 Å². The minimum atomic E-state index is -0.714. The number of fused-ring (bicyclic) bond motifs is 1. The van der Waals surface area contributed by atoms with E-state index in [-0.39, 0.29) is 5.56 Å². The Kier molecular flexibility index (Phi) is 7.74. The highest BCUT2D eigenvalue weighted by molar-refractivity contribution is 6.08. The van der Waals surface area contributed by atoms with Crippen molar-refractivity contribution in [2.45, 2.75) is 0 Å². The first-order valence-corrected chi connectivity index (χ1v) is 11.4. The number of hydrogen-bond donors (Lipinski definition) is 0. The van der Waals surface area contributed by atoms with Gasteiger partial charge in [0, 0.05) is 17.0 Å². The lowest BCUT2D eigenvalue weighted by molar-refractivity contribution is 0.104. The minimum Gasteiger partial charge on any atom is -0.497 e. The van der Waals surface area contributed by atoms with E-state index in [0.717, 1.165) is 16.9 Å². The molecule has 4 aromatic rings. The zero-order valence-electron chi connectivity index (χ0n) is 20.9. The van der Waals surface area contributed by atoms with E-state index in [1.54, 1.807) is 44.6 Å². The Bertz CT molecular complexity index is 1540. The van der Waals surface area contributed by atoms with E-state index in [2.05, 4.69) is 0 Å². The van der Waals surface area contributed by atoms with Gasteiger partial charge >= 0.3 is 5.63 Å². The molecule has 4 rings (SSSR count). The molecule has 1 aromatic heterocycles. The highest BCUT2D eigenvalue weighted by atomic mass is 16.5. The zero-order valence-corrected chi connectivity index (χ0v) is 20.9. The summed E-state index contributed by atoms with van der Waals surface area (Å²) in [6, 6.07) is 17.7. The van der Waals surface area contributed by atoms with Gasteiger partial charge in [0.15, 0.2) is 5.78 Å². The fourth-order valence-electron chi connectivity index (χ4n) is 3.77. The second-order valence-electron chi connectivity index (χ2n) is 7.99. The Morgan fingerprint density at radius 2 is 1.43 bits per heavy atom. The summed E-state index contributed by atoms with van der Waals surface area (Å²) in [7, 11) is 6.26. The van der Waals surface area contributed by atoms with Crippen molar-refractivity contribution in [2.75, 3.05) is 28.4 Å². The largest absolute Gasteiger partial charge is 0.497 e. The number of ether oxygens (including phenoxy) is 4. The maximum absolute atomic E-state index is 13.0. The zero-order chi connectivity index (χ0) is 26.4. The maximum atomic E-state index is 13.0. The first-order chi connectivity index (χ1) is 17.9. The number of methoxy groups -OCH3 is 4. The van der Waals surface area contributed by atoms with Gasteiger partial charge in [-0.15, -0.1) is 0 Å². The van der Waals surface area contributed by atoms with Crippen LogP contribution in [0.4, 0.5) is 0 Å². The molecule has 0 aliphatic heterocycles. The number of carbonyl (C=O) groups is 1. The molecule has 0 unspecified atom stereocenters. The third-order valence-corrected chi connectivity index (χ3v) is 5.78. The Balaban J connectivity index is 1.71. The summed E-state index contributed by atoms with van der Waals surface area (Å²) in [4.78, 5) is 25.5. The van der Waals surface area contributed by atoms with Gasteiger partial charge in [-0.3, -0.25) is 4.79 Å². The van der Waals surface area contributed by atoms with Crippen molar-refractivity contribution in [1.29, 1.82) is 0 Å². The van der Waals surface area contributed by atoms with E-state index in [0.29, 0.717) is 33.8 Å². The summed E-state index contributed by atoms with van der Waals surface area (Å²) < 4.78 is 26.8. The number of carbonyl (C=O) groups excluding carboxylic acids is 1. The number of rotatable bonds is 9. The summed E-state index contributed by atoms with van der Waals surface area (Å²) in [6.07, 6.45) is 6.77. The van der Waals surface area contributed by atoms with Crippen molar-refractivity contribution in [3.8, 4) is 23.0 Å². The van der Waals surface area contributed by atoms with Gasteiger partial charge in [0.25, 0.3) is 0 Å². The van der Waals surface area contributed by atoms with Crippen LogP contribution in [-0.4, -0.2) is 34.2 Å². The summed E-state index contributed by atoms with van der Waals surface area (Å²) in [5.74, 6) is 1.96. The topological polar surface area (TPSA) is 84.2 Å². The van der Waals surface area contributed by atoms with E-state index >= 15 is 0 Å².